The maximum Gasteiger partial charge on any atom is 0.293 e. The lowest BCUT2D eigenvalue weighted by molar-refractivity contribution is 0.0940. The second-order valence-corrected chi connectivity index (χ2v) is 5.11. The van der Waals surface area contributed by atoms with E-state index in [1.54, 1.807) is 0 Å². The van der Waals surface area contributed by atoms with Crippen LogP contribution in [-0.2, 0) is 6.54 Å². The molecular formula is C16H13N5O3. The molecule has 0 bridgehead atoms. The highest BCUT2D eigenvalue weighted by molar-refractivity contribution is 5.90. The molecule has 0 unspecified atom stereocenters. The average Bonchev–Trinajstić information content (AvgIpc) is 3.29. The highest BCUT2D eigenvalue weighted by atomic mass is 16.7. The fourth-order valence-electron chi connectivity index (χ4n) is 2.29. The van der Waals surface area contributed by atoms with Gasteiger partial charge in [-0.1, -0.05) is 24.3 Å². The first kappa shape index (κ1) is 14.2. The number of tetrazole rings is 1. The van der Waals surface area contributed by atoms with E-state index in [-0.39, 0.29) is 12.6 Å². The van der Waals surface area contributed by atoms with Crippen LogP contribution in [0.1, 0.15) is 16.2 Å². The van der Waals surface area contributed by atoms with Gasteiger partial charge < -0.3 is 14.8 Å². The van der Waals surface area contributed by atoms with Crippen molar-refractivity contribution in [3.05, 3.63) is 59.9 Å². The summed E-state index contributed by atoms with van der Waals surface area (Å²) < 4.78 is 10.6. The summed E-state index contributed by atoms with van der Waals surface area (Å²) >= 11 is 0. The predicted octanol–water partition coefficient (Wildman–Crippen LogP) is 1.32. The summed E-state index contributed by atoms with van der Waals surface area (Å²) in [4.78, 5) is 13.5. The second kappa shape index (κ2) is 5.99. The summed E-state index contributed by atoms with van der Waals surface area (Å²) in [5.41, 5.74) is 1.63. The van der Waals surface area contributed by atoms with E-state index in [9.17, 15) is 4.79 Å². The molecule has 0 saturated heterocycles. The Hall–Kier alpha value is -3.42. The van der Waals surface area contributed by atoms with Crippen LogP contribution in [-0.4, -0.2) is 32.9 Å². The number of nitrogens with zero attached hydrogens (tertiary/aromatic N) is 4. The van der Waals surface area contributed by atoms with Gasteiger partial charge in [0, 0.05) is 6.54 Å². The van der Waals surface area contributed by atoms with Gasteiger partial charge in [0.2, 0.25) is 6.79 Å². The molecular weight excluding hydrogens is 310 g/mol. The molecule has 3 aromatic rings. The summed E-state index contributed by atoms with van der Waals surface area (Å²) in [5, 5.41) is 14.5. The molecule has 0 saturated carbocycles. The number of para-hydroxylation sites is 1. The van der Waals surface area contributed by atoms with Crippen LogP contribution in [0.3, 0.4) is 0 Å². The number of amides is 1. The van der Waals surface area contributed by atoms with E-state index in [0.717, 1.165) is 11.3 Å². The van der Waals surface area contributed by atoms with Gasteiger partial charge in [-0.3, -0.25) is 4.79 Å². The Morgan fingerprint density at radius 1 is 1.12 bits per heavy atom. The smallest absolute Gasteiger partial charge is 0.293 e. The summed E-state index contributed by atoms with van der Waals surface area (Å²) in [6.45, 7) is 0.549. The predicted molar refractivity (Wildman–Crippen MR) is 82.9 cm³/mol. The van der Waals surface area contributed by atoms with Crippen LogP contribution in [0.2, 0.25) is 0 Å². The third kappa shape index (κ3) is 2.76. The van der Waals surface area contributed by atoms with Crippen molar-refractivity contribution in [1.82, 2.24) is 25.5 Å². The average molecular weight is 323 g/mol. The topological polar surface area (TPSA) is 91.2 Å². The molecule has 0 radical (unpaired) electrons. The highest BCUT2D eigenvalue weighted by Crippen LogP contribution is 2.32. The Morgan fingerprint density at radius 3 is 2.83 bits per heavy atom. The molecule has 0 atom stereocenters. The zero-order valence-corrected chi connectivity index (χ0v) is 12.5. The number of aromatic nitrogens is 4. The SMILES string of the molecule is O=C(NCc1ccc2c(c1)OCO2)c1nnn(-c2ccccc2)n1. The highest BCUT2D eigenvalue weighted by Gasteiger charge is 2.15. The fraction of sp³-hybridized carbons (Fsp3) is 0.125. The van der Waals surface area contributed by atoms with Crippen LogP contribution < -0.4 is 14.8 Å². The Labute approximate surface area is 137 Å². The summed E-state index contributed by atoms with van der Waals surface area (Å²) in [5.74, 6) is 1.00. The summed E-state index contributed by atoms with van der Waals surface area (Å²) in [6, 6.07) is 14.8. The van der Waals surface area contributed by atoms with E-state index >= 15 is 0 Å². The number of ether oxygens (including phenoxy) is 2. The zero-order valence-electron chi connectivity index (χ0n) is 12.5. The van der Waals surface area contributed by atoms with Gasteiger partial charge in [0.05, 0.1) is 5.69 Å². The molecule has 24 heavy (non-hydrogen) atoms. The van der Waals surface area contributed by atoms with Crippen LogP contribution in [0.5, 0.6) is 11.5 Å². The Bertz CT molecular complexity index is 878. The van der Waals surface area contributed by atoms with E-state index in [1.807, 2.05) is 48.5 Å². The minimum absolute atomic E-state index is 0.0135. The molecule has 0 fully saturated rings. The number of hydrogen-bond donors (Lipinski definition) is 1. The Balaban J connectivity index is 1.42. The van der Waals surface area contributed by atoms with Crippen LogP contribution in [0.15, 0.2) is 48.5 Å². The monoisotopic (exact) mass is 323 g/mol. The number of rotatable bonds is 4. The molecule has 0 aliphatic carbocycles. The molecule has 1 aliphatic rings. The third-order valence-corrected chi connectivity index (χ3v) is 3.49. The van der Waals surface area contributed by atoms with Gasteiger partial charge in [0.15, 0.2) is 11.5 Å². The van der Waals surface area contributed by atoms with E-state index in [1.165, 1.54) is 4.80 Å². The molecule has 8 heteroatoms. The number of benzene rings is 2. The maximum atomic E-state index is 12.2. The minimum atomic E-state index is -0.394. The molecule has 120 valence electrons. The fourth-order valence-corrected chi connectivity index (χ4v) is 2.29. The van der Waals surface area contributed by atoms with E-state index in [2.05, 4.69) is 20.7 Å². The lowest BCUT2D eigenvalue weighted by atomic mass is 10.2. The van der Waals surface area contributed by atoms with Gasteiger partial charge in [-0.25, -0.2) is 0 Å². The molecule has 8 nitrogen and oxygen atoms in total. The number of fused-ring (bicyclic) bond motifs is 1. The van der Waals surface area contributed by atoms with Crippen molar-refractivity contribution in [2.75, 3.05) is 6.79 Å². The van der Waals surface area contributed by atoms with E-state index < -0.39 is 5.91 Å². The van der Waals surface area contributed by atoms with Crippen LogP contribution >= 0.6 is 0 Å². The number of hydrogen-bond acceptors (Lipinski definition) is 6. The third-order valence-electron chi connectivity index (χ3n) is 3.49. The molecule has 4 rings (SSSR count). The number of nitrogens with one attached hydrogen (secondary N) is 1. The van der Waals surface area contributed by atoms with Crippen LogP contribution in [0, 0.1) is 0 Å². The quantitative estimate of drug-likeness (QED) is 0.778. The Kier molecular flexibility index (Phi) is 3.54. The van der Waals surface area contributed by atoms with E-state index in [4.69, 9.17) is 9.47 Å². The van der Waals surface area contributed by atoms with Gasteiger partial charge in [0.1, 0.15) is 0 Å². The van der Waals surface area contributed by atoms with Crippen molar-refractivity contribution in [2.24, 2.45) is 0 Å². The zero-order chi connectivity index (χ0) is 16.4. The second-order valence-electron chi connectivity index (χ2n) is 5.11. The molecule has 1 amide bonds. The van der Waals surface area contributed by atoms with Crippen molar-refractivity contribution in [1.29, 1.82) is 0 Å². The van der Waals surface area contributed by atoms with Gasteiger partial charge >= 0.3 is 0 Å². The van der Waals surface area contributed by atoms with Crippen molar-refractivity contribution >= 4 is 5.91 Å². The van der Waals surface area contributed by atoms with Gasteiger partial charge in [-0.05, 0) is 35.0 Å². The summed E-state index contributed by atoms with van der Waals surface area (Å²) in [7, 11) is 0. The Morgan fingerprint density at radius 2 is 1.96 bits per heavy atom. The largest absolute Gasteiger partial charge is 0.454 e. The van der Waals surface area contributed by atoms with Crippen molar-refractivity contribution in [3.8, 4) is 17.2 Å². The van der Waals surface area contributed by atoms with Crippen molar-refractivity contribution < 1.29 is 14.3 Å². The molecule has 1 aromatic heterocycles. The normalized spacial score (nSPS) is 12.2. The van der Waals surface area contributed by atoms with Gasteiger partial charge in [0.25, 0.3) is 11.7 Å². The minimum Gasteiger partial charge on any atom is -0.454 e. The molecule has 2 aromatic carbocycles. The molecule has 0 spiro atoms. The molecule has 1 aliphatic heterocycles. The standard InChI is InChI=1S/C16H13N5O3/c22-16(15-18-20-21(19-15)12-4-2-1-3-5-12)17-9-11-6-7-13-14(8-11)24-10-23-13/h1-8H,9-10H2,(H,17,22). The number of carbonyl (C=O) groups excluding carboxylic acids is 1. The van der Waals surface area contributed by atoms with Crippen molar-refractivity contribution in [2.45, 2.75) is 6.54 Å². The molecule has 2 heterocycles. The first-order chi connectivity index (χ1) is 11.8. The van der Waals surface area contributed by atoms with Crippen LogP contribution in [0.25, 0.3) is 5.69 Å². The lowest BCUT2D eigenvalue weighted by Gasteiger charge is -2.04. The lowest BCUT2D eigenvalue weighted by Crippen LogP contribution is -2.24. The van der Waals surface area contributed by atoms with Gasteiger partial charge in [-0.15, -0.1) is 15.0 Å². The van der Waals surface area contributed by atoms with Crippen molar-refractivity contribution in [3.63, 3.8) is 0 Å². The first-order valence-electron chi connectivity index (χ1n) is 7.32. The molecule has 1 N–H and O–H groups in total. The van der Waals surface area contributed by atoms with Crippen LogP contribution in [0.4, 0.5) is 0 Å². The maximum absolute atomic E-state index is 12.2. The number of carbonyl (C=O) groups is 1. The van der Waals surface area contributed by atoms with E-state index in [0.29, 0.717) is 18.0 Å². The van der Waals surface area contributed by atoms with Gasteiger partial charge in [-0.2, -0.15) is 0 Å². The summed E-state index contributed by atoms with van der Waals surface area (Å²) in [6.07, 6.45) is 0. The first-order valence-corrected chi connectivity index (χ1v) is 7.32.